The highest BCUT2D eigenvalue weighted by molar-refractivity contribution is 7.13. The van der Waals surface area contributed by atoms with E-state index in [4.69, 9.17) is 0 Å². The Balaban J connectivity index is 1.82. The molecule has 1 aliphatic rings. The van der Waals surface area contributed by atoms with Crippen molar-refractivity contribution >= 4 is 16.5 Å². The zero-order valence-electron chi connectivity index (χ0n) is 13.9. The summed E-state index contributed by atoms with van der Waals surface area (Å²) in [6, 6.07) is 0.641. The van der Waals surface area contributed by atoms with Gasteiger partial charge < -0.3 is 10.2 Å². The minimum Gasteiger partial charge on any atom is -0.346 e. The van der Waals surface area contributed by atoms with Crippen LogP contribution >= 0.6 is 11.3 Å². The van der Waals surface area contributed by atoms with Crippen molar-refractivity contribution in [2.75, 3.05) is 44.2 Å². The smallest absolute Gasteiger partial charge is 0.185 e. The first-order valence-electron chi connectivity index (χ1n) is 8.17. The molecule has 2 rings (SSSR count). The fourth-order valence-electron chi connectivity index (χ4n) is 2.92. The third-order valence-electron chi connectivity index (χ3n) is 4.15. The molecule has 21 heavy (non-hydrogen) atoms. The van der Waals surface area contributed by atoms with Crippen LogP contribution in [0.25, 0.3) is 0 Å². The molecule has 1 aromatic heterocycles. The molecule has 5 heteroatoms. The van der Waals surface area contributed by atoms with Gasteiger partial charge in [0.1, 0.15) is 0 Å². The Hall–Kier alpha value is -0.650. The summed E-state index contributed by atoms with van der Waals surface area (Å²) < 4.78 is 0. The van der Waals surface area contributed by atoms with Crippen molar-refractivity contribution in [2.24, 2.45) is 11.8 Å². The first kappa shape index (κ1) is 16.7. The molecule has 1 fully saturated rings. The third kappa shape index (κ3) is 4.94. The summed E-state index contributed by atoms with van der Waals surface area (Å²) in [6.45, 7) is 15.9. The lowest BCUT2D eigenvalue weighted by Crippen LogP contribution is -2.54. The highest BCUT2D eigenvalue weighted by atomic mass is 32.1. The van der Waals surface area contributed by atoms with Crippen LogP contribution in [0.1, 0.15) is 27.7 Å². The van der Waals surface area contributed by atoms with E-state index in [1.54, 1.807) is 11.3 Å². The molecule has 0 spiro atoms. The highest BCUT2D eigenvalue weighted by Crippen LogP contribution is 2.21. The van der Waals surface area contributed by atoms with Crippen LogP contribution in [0, 0.1) is 11.8 Å². The van der Waals surface area contributed by atoms with Crippen molar-refractivity contribution in [2.45, 2.75) is 33.7 Å². The van der Waals surface area contributed by atoms with Gasteiger partial charge in [-0.15, -0.1) is 11.3 Å². The summed E-state index contributed by atoms with van der Waals surface area (Å²) in [5, 5.41) is 6.88. The number of anilines is 1. The normalized spacial score (nSPS) is 18.7. The van der Waals surface area contributed by atoms with Crippen LogP contribution in [-0.2, 0) is 0 Å². The van der Waals surface area contributed by atoms with Gasteiger partial charge in [-0.25, -0.2) is 4.98 Å². The molecule has 1 atom stereocenters. The van der Waals surface area contributed by atoms with Gasteiger partial charge in [-0.2, -0.15) is 0 Å². The van der Waals surface area contributed by atoms with Crippen molar-refractivity contribution < 1.29 is 0 Å². The Kier molecular flexibility index (Phi) is 6.45. The minimum atomic E-state index is 0.641. The summed E-state index contributed by atoms with van der Waals surface area (Å²) in [5.74, 6) is 1.41. The maximum Gasteiger partial charge on any atom is 0.185 e. The second kappa shape index (κ2) is 8.11. The second-order valence-electron chi connectivity index (χ2n) is 6.70. The number of hydrogen-bond acceptors (Lipinski definition) is 5. The van der Waals surface area contributed by atoms with Crippen LogP contribution < -0.4 is 10.2 Å². The minimum absolute atomic E-state index is 0.641. The Labute approximate surface area is 133 Å². The van der Waals surface area contributed by atoms with Crippen molar-refractivity contribution in [1.29, 1.82) is 0 Å². The molecule has 2 heterocycles. The lowest BCUT2D eigenvalue weighted by atomic mass is 10.0. The van der Waals surface area contributed by atoms with Gasteiger partial charge in [0.2, 0.25) is 0 Å². The van der Waals surface area contributed by atoms with E-state index in [9.17, 15) is 0 Å². The lowest BCUT2D eigenvalue weighted by molar-refractivity contribution is 0.142. The number of nitrogens with zero attached hydrogens (tertiary/aromatic N) is 3. The molecule has 1 saturated heterocycles. The third-order valence-corrected chi connectivity index (χ3v) is 4.98. The van der Waals surface area contributed by atoms with Crippen molar-refractivity contribution in [3.8, 4) is 0 Å². The molecule has 0 saturated carbocycles. The Bertz CT molecular complexity index is 383. The predicted octanol–water partition coefficient (Wildman–Crippen LogP) is 2.54. The van der Waals surface area contributed by atoms with E-state index in [0.717, 1.165) is 45.2 Å². The van der Waals surface area contributed by atoms with Crippen LogP contribution in [0.4, 0.5) is 5.13 Å². The molecular weight excluding hydrogens is 280 g/mol. The van der Waals surface area contributed by atoms with Crippen LogP contribution in [0.2, 0.25) is 0 Å². The van der Waals surface area contributed by atoms with E-state index in [-0.39, 0.29) is 0 Å². The number of piperazine rings is 1. The molecule has 1 aromatic rings. The van der Waals surface area contributed by atoms with Crippen molar-refractivity contribution in [3.63, 3.8) is 0 Å². The quantitative estimate of drug-likeness (QED) is 0.838. The molecule has 120 valence electrons. The standard InChI is InChI=1S/C16H30N4S/c1-13(2)11-17-12-15(14(3)4)19-6-8-20(9-7-19)16-18-5-10-21-16/h5,10,13-15,17H,6-9,11-12H2,1-4H3. The van der Waals surface area contributed by atoms with Crippen LogP contribution in [-0.4, -0.2) is 55.2 Å². The monoisotopic (exact) mass is 310 g/mol. The maximum atomic E-state index is 4.43. The molecule has 0 radical (unpaired) electrons. The topological polar surface area (TPSA) is 31.4 Å². The van der Waals surface area contributed by atoms with Gasteiger partial charge in [0.25, 0.3) is 0 Å². The molecule has 4 nitrogen and oxygen atoms in total. The van der Waals surface area contributed by atoms with Crippen molar-refractivity contribution in [3.05, 3.63) is 11.6 Å². The van der Waals surface area contributed by atoms with E-state index in [1.165, 1.54) is 5.13 Å². The molecule has 1 N–H and O–H groups in total. The van der Waals surface area contributed by atoms with Gasteiger partial charge in [-0.3, -0.25) is 4.90 Å². The van der Waals surface area contributed by atoms with E-state index in [0.29, 0.717) is 12.0 Å². The van der Waals surface area contributed by atoms with Crippen LogP contribution in [0.3, 0.4) is 0 Å². The second-order valence-corrected chi connectivity index (χ2v) is 7.57. The van der Waals surface area contributed by atoms with Gasteiger partial charge in [0.05, 0.1) is 0 Å². The number of rotatable bonds is 7. The molecule has 1 unspecified atom stereocenters. The van der Waals surface area contributed by atoms with E-state index in [2.05, 4.69) is 53.2 Å². The van der Waals surface area contributed by atoms with Gasteiger partial charge in [0.15, 0.2) is 5.13 Å². The molecule has 1 aliphatic heterocycles. The SMILES string of the molecule is CC(C)CNCC(C(C)C)N1CCN(c2nccs2)CC1. The van der Waals surface area contributed by atoms with E-state index in [1.807, 2.05) is 6.20 Å². The maximum absolute atomic E-state index is 4.43. The number of hydrogen-bond donors (Lipinski definition) is 1. The predicted molar refractivity (Wildman–Crippen MR) is 92.2 cm³/mol. The fourth-order valence-corrected chi connectivity index (χ4v) is 3.62. The number of nitrogens with one attached hydrogen (secondary N) is 1. The molecule has 0 aliphatic carbocycles. The van der Waals surface area contributed by atoms with Gasteiger partial charge >= 0.3 is 0 Å². The van der Waals surface area contributed by atoms with Gasteiger partial charge in [-0.1, -0.05) is 27.7 Å². The fraction of sp³-hybridized carbons (Fsp3) is 0.812. The van der Waals surface area contributed by atoms with E-state index < -0.39 is 0 Å². The molecular formula is C16H30N4S. The summed E-state index contributed by atoms with van der Waals surface area (Å²) >= 11 is 1.75. The van der Waals surface area contributed by atoms with Crippen molar-refractivity contribution in [1.82, 2.24) is 15.2 Å². The largest absolute Gasteiger partial charge is 0.346 e. The Morgan fingerprint density at radius 1 is 1.14 bits per heavy atom. The van der Waals surface area contributed by atoms with Crippen LogP contribution in [0.5, 0.6) is 0 Å². The van der Waals surface area contributed by atoms with Gasteiger partial charge in [-0.05, 0) is 18.4 Å². The molecule has 0 aromatic carbocycles. The average Bonchev–Trinajstić information content (AvgIpc) is 2.97. The first-order valence-corrected chi connectivity index (χ1v) is 9.05. The summed E-state index contributed by atoms with van der Waals surface area (Å²) in [7, 11) is 0. The summed E-state index contributed by atoms with van der Waals surface area (Å²) in [5.41, 5.74) is 0. The van der Waals surface area contributed by atoms with Crippen LogP contribution in [0.15, 0.2) is 11.6 Å². The lowest BCUT2D eigenvalue weighted by Gasteiger charge is -2.41. The van der Waals surface area contributed by atoms with E-state index >= 15 is 0 Å². The average molecular weight is 311 g/mol. The highest BCUT2D eigenvalue weighted by Gasteiger charge is 2.26. The summed E-state index contributed by atoms with van der Waals surface area (Å²) in [6.07, 6.45) is 1.90. The van der Waals surface area contributed by atoms with Gasteiger partial charge in [0, 0.05) is 50.3 Å². The first-order chi connectivity index (χ1) is 10.1. The summed E-state index contributed by atoms with van der Waals surface area (Å²) in [4.78, 5) is 9.50. The Morgan fingerprint density at radius 3 is 2.38 bits per heavy atom. The molecule has 0 amide bonds. The zero-order chi connectivity index (χ0) is 15.2. The number of aromatic nitrogens is 1. The number of thiazole rings is 1. The zero-order valence-corrected chi connectivity index (χ0v) is 14.7. The Morgan fingerprint density at radius 2 is 1.86 bits per heavy atom. The molecule has 0 bridgehead atoms.